The van der Waals surface area contributed by atoms with Gasteiger partial charge in [-0.25, -0.2) is 0 Å². The minimum absolute atomic E-state index is 0.0710. The van der Waals surface area contributed by atoms with Crippen LogP contribution >= 0.6 is 11.8 Å². The van der Waals surface area contributed by atoms with Crippen LogP contribution < -0.4 is 15.4 Å². The van der Waals surface area contributed by atoms with E-state index in [1.54, 1.807) is 7.11 Å². The van der Waals surface area contributed by atoms with E-state index in [0.29, 0.717) is 6.54 Å². The highest BCUT2D eigenvalue weighted by atomic mass is 32.2. The Labute approximate surface area is 153 Å². The van der Waals surface area contributed by atoms with Gasteiger partial charge in [-0.1, -0.05) is 24.3 Å². The Balaban J connectivity index is 1.65. The first-order valence-electron chi connectivity index (χ1n) is 8.69. The van der Waals surface area contributed by atoms with Crippen LogP contribution in [0.2, 0.25) is 0 Å². The molecular formula is C20H23N3OS. The van der Waals surface area contributed by atoms with E-state index in [1.165, 1.54) is 5.69 Å². The van der Waals surface area contributed by atoms with Crippen LogP contribution in [0.15, 0.2) is 53.5 Å². The van der Waals surface area contributed by atoms with Crippen LogP contribution in [0.25, 0.3) is 0 Å². The number of amidine groups is 1. The molecular weight excluding hydrogens is 330 g/mol. The molecule has 2 aromatic rings. The van der Waals surface area contributed by atoms with E-state index < -0.39 is 0 Å². The third kappa shape index (κ3) is 3.33. The predicted molar refractivity (Wildman–Crippen MR) is 107 cm³/mol. The maximum absolute atomic E-state index is 5.32. The quantitative estimate of drug-likeness (QED) is 0.859. The maximum Gasteiger partial charge on any atom is 0.127 e. The first kappa shape index (κ1) is 16.3. The number of para-hydroxylation sites is 2. The van der Waals surface area contributed by atoms with Crippen molar-refractivity contribution < 1.29 is 4.74 Å². The largest absolute Gasteiger partial charge is 0.497 e. The third-order valence-electron chi connectivity index (χ3n) is 4.91. The van der Waals surface area contributed by atoms with Gasteiger partial charge in [-0.2, -0.15) is 11.8 Å². The number of nitrogens with one attached hydrogen (secondary N) is 2. The molecule has 0 aliphatic carbocycles. The fourth-order valence-corrected chi connectivity index (χ4v) is 4.67. The lowest BCUT2D eigenvalue weighted by atomic mass is 9.87. The van der Waals surface area contributed by atoms with E-state index in [2.05, 4.69) is 47.0 Å². The second-order valence-electron chi connectivity index (χ2n) is 6.51. The molecule has 0 saturated carbocycles. The molecule has 0 amide bonds. The van der Waals surface area contributed by atoms with E-state index in [1.807, 2.05) is 23.9 Å². The Hall–Kier alpha value is -2.14. The molecule has 0 aromatic heterocycles. The van der Waals surface area contributed by atoms with Gasteiger partial charge in [0.1, 0.15) is 11.6 Å². The van der Waals surface area contributed by atoms with Crippen LogP contribution in [-0.4, -0.2) is 30.0 Å². The Morgan fingerprint density at radius 1 is 1.08 bits per heavy atom. The van der Waals surface area contributed by atoms with Gasteiger partial charge in [0.15, 0.2) is 0 Å². The topological polar surface area (TPSA) is 45.6 Å². The number of methoxy groups -OCH3 is 1. The molecule has 5 heteroatoms. The second kappa shape index (κ2) is 7.00. The van der Waals surface area contributed by atoms with Gasteiger partial charge >= 0.3 is 0 Å². The summed E-state index contributed by atoms with van der Waals surface area (Å²) in [4.78, 5) is 4.98. The van der Waals surface area contributed by atoms with Gasteiger partial charge in [0.2, 0.25) is 0 Å². The summed E-state index contributed by atoms with van der Waals surface area (Å²) in [6.07, 6.45) is 2.19. The Bertz CT molecular complexity index is 784. The molecule has 4 nitrogen and oxygen atoms in total. The highest BCUT2D eigenvalue weighted by Crippen LogP contribution is 2.38. The van der Waals surface area contributed by atoms with E-state index in [9.17, 15) is 0 Å². The average molecular weight is 353 g/mol. The van der Waals surface area contributed by atoms with Crippen molar-refractivity contribution in [1.82, 2.24) is 0 Å². The highest BCUT2D eigenvalue weighted by molar-refractivity contribution is 7.99. The van der Waals surface area contributed by atoms with E-state index in [4.69, 9.17) is 9.73 Å². The summed E-state index contributed by atoms with van der Waals surface area (Å²) >= 11 is 2.03. The van der Waals surface area contributed by atoms with Crippen LogP contribution in [0, 0.1) is 0 Å². The highest BCUT2D eigenvalue weighted by Gasteiger charge is 2.40. The van der Waals surface area contributed by atoms with Crippen molar-refractivity contribution in [2.24, 2.45) is 4.99 Å². The molecule has 1 saturated heterocycles. The summed E-state index contributed by atoms with van der Waals surface area (Å²) in [6, 6.07) is 16.5. The lowest BCUT2D eigenvalue weighted by Gasteiger charge is -2.43. The number of thioether (sulfide) groups is 1. The van der Waals surface area contributed by atoms with Crippen LogP contribution in [0.1, 0.15) is 18.4 Å². The molecule has 2 N–H and O–H groups in total. The van der Waals surface area contributed by atoms with Crippen molar-refractivity contribution in [1.29, 1.82) is 0 Å². The summed E-state index contributed by atoms with van der Waals surface area (Å²) < 4.78 is 5.32. The molecule has 1 fully saturated rings. The first-order chi connectivity index (χ1) is 12.3. The normalized spacial score (nSPS) is 19.8. The van der Waals surface area contributed by atoms with Crippen LogP contribution in [0.4, 0.5) is 11.4 Å². The zero-order valence-corrected chi connectivity index (χ0v) is 15.2. The van der Waals surface area contributed by atoms with Crippen molar-refractivity contribution in [3.8, 4) is 5.75 Å². The zero-order valence-electron chi connectivity index (χ0n) is 14.4. The summed E-state index contributed by atoms with van der Waals surface area (Å²) in [7, 11) is 1.70. The van der Waals surface area contributed by atoms with Gasteiger partial charge in [-0.15, -0.1) is 0 Å². The summed E-state index contributed by atoms with van der Waals surface area (Å²) in [5.41, 5.74) is 3.37. The molecule has 2 aromatic carbocycles. The summed E-state index contributed by atoms with van der Waals surface area (Å²) in [5, 5.41) is 7.39. The molecule has 2 heterocycles. The number of fused-ring (bicyclic) bond motifs is 1. The first-order valence-corrected chi connectivity index (χ1v) is 9.84. The van der Waals surface area contributed by atoms with Crippen LogP contribution in [-0.2, 0) is 6.54 Å². The van der Waals surface area contributed by atoms with Gasteiger partial charge in [-0.05, 0) is 54.2 Å². The number of benzene rings is 2. The van der Waals surface area contributed by atoms with Gasteiger partial charge < -0.3 is 15.4 Å². The number of nitrogens with zero attached hydrogens (tertiary/aromatic N) is 1. The molecule has 4 rings (SSSR count). The monoisotopic (exact) mass is 353 g/mol. The van der Waals surface area contributed by atoms with Crippen LogP contribution in [0.3, 0.4) is 0 Å². The molecule has 0 bridgehead atoms. The van der Waals surface area contributed by atoms with Crippen molar-refractivity contribution in [2.45, 2.75) is 24.9 Å². The zero-order chi connectivity index (χ0) is 17.1. The van der Waals surface area contributed by atoms with Crippen molar-refractivity contribution in [3.05, 3.63) is 54.1 Å². The standard InChI is InChI=1S/C20H23N3OS/c1-24-16-6-4-5-15(13-16)14-21-19-20(9-11-25-12-10-20)23-18-8-3-2-7-17(18)22-19/h2-8,13,23H,9-12,14H2,1H3,(H,21,22). The Morgan fingerprint density at radius 2 is 1.88 bits per heavy atom. The lowest BCUT2D eigenvalue weighted by Crippen LogP contribution is -2.54. The second-order valence-corrected chi connectivity index (χ2v) is 7.73. The van der Waals surface area contributed by atoms with Gasteiger partial charge in [0.25, 0.3) is 0 Å². The SMILES string of the molecule is COc1cccc(CN=C2Nc3ccccc3NC23CCSCC3)c1. The molecule has 25 heavy (non-hydrogen) atoms. The van der Waals surface area contributed by atoms with E-state index >= 15 is 0 Å². The van der Waals surface area contributed by atoms with Gasteiger partial charge in [0.05, 0.1) is 30.6 Å². The van der Waals surface area contributed by atoms with Crippen LogP contribution in [0.5, 0.6) is 5.75 Å². The van der Waals surface area contributed by atoms with Crippen molar-refractivity contribution in [2.75, 3.05) is 29.2 Å². The summed E-state index contributed by atoms with van der Waals surface area (Å²) in [6.45, 7) is 0.651. The number of ether oxygens (including phenoxy) is 1. The Kier molecular flexibility index (Phi) is 4.57. The fraction of sp³-hybridized carbons (Fsp3) is 0.350. The van der Waals surface area contributed by atoms with Crippen molar-refractivity contribution >= 4 is 29.0 Å². The maximum atomic E-state index is 5.32. The number of aliphatic imine (C=N–C) groups is 1. The molecule has 2 aliphatic heterocycles. The van der Waals surface area contributed by atoms with Crippen molar-refractivity contribution in [3.63, 3.8) is 0 Å². The molecule has 0 unspecified atom stereocenters. The molecule has 1 spiro atoms. The Morgan fingerprint density at radius 3 is 2.68 bits per heavy atom. The number of hydrogen-bond donors (Lipinski definition) is 2. The van der Waals surface area contributed by atoms with E-state index in [-0.39, 0.29) is 5.54 Å². The average Bonchev–Trinajstić information content (AvgIpc) is 2.67. The van der Waals surface area contributed by atoms with Gasteiger partial charge in [-0.3, -0.25) is 4.99 Å². The predicted octanol–water partition coefficient (Wildman–Crippen LogP) is 4.40. The fourth-order valence-electron chi connectivity index (χ4n) is 3.48. The smallest absolute Gasteiger partial charge is 0.127 e. The summed E-state index contributed by atoms with van der Waals surface area (Å²) in [5.74, 6) is 4.26. The van der Waals surface area contributed by atoms with E-state index in [0.717, 1.165) is 47.2 Å². The molecule has 0 radical (unpaired) electrons. The lowest BCUT2D eigenvalue weighted by molar-refractivity contribution is 0.414. The minimum Gasteiger partial charge on any atom is -0.497 e. The molecule has 2 aliphatic rings. The number of hydrogen-bond acceptors (Lipinski definition) is 4. The van der Waals surface area contributed by atoms with Gasteiger partial charge in [0, 0.05) is 0 Å². The number of anilines is 2. The molecule has 130 valence electrons. The minimum atomic E-state index is -0.0710. The number of rotatable bonds is 3. The third-order valence-corrected chi connectivity index (χ3v) is 5.89. The molecule has 0 atom stereocenters.